The minimum absolute atomic E-state index is 0.627. The summed E-state index contributed by atoms with van der Waals surface area (Å²) in [5.41, 5.74) is 8.57. The molecule has 1 aromatic carbocycles. The van der Waals surface area contributed by atoms with Crippen LogP contribution in [0.1, 0.15) is 29.8 Å². The Balaban J connectivity index is 1.84. The fraction of sp³-hybridized carbons (Fsp3) is 0.300. The third kappa shape index (κ3) is 4.13. The summed E-state index contributed by atoms with van der Waals surface area (Å²) < 4.78 is 5.25. The zero-order valence-corrected chi connectivity index (χ0v) is 16.5. The van der Waals surface area contributed by atoms with Crippen LogP contribution in [-0.4, -0.2) is 34.9 Å². The Morgan fingerprint density at radius 3 is 2.37 bits per heavy atom. The highest BCUT2D eigenvalue weighted by Gasteiger charge is 2.14. The van der Waals surface area contributed by atoms with Crippen LogP contribution < -0.4 is 10.3 Å². The number of rotatable bonds is 5. The van der Waals surface area contributed by atoms with Gasteiger partial charge in [-0.25, -0.2) is 9.97 Å². The monoisotopic (exact) mass is 364 g/mol. The lowest BCUT2D eigenvalue weighted by atomic mass is 10.1. The summed E-state index contributed by atoms with van der Waals surface area (Å²) in [6, 6.07) is 10.1. The van der Waals surface area contributed by atoms with E-state index in [0.717, 1.165) is 39.7 Å². The second kappa shape index (κ2) is 7.57. The van der Waals surface area contributed by atoms with Gasteiger partial charge in [0.2, 0.25) is 0 Å². The van der Waals surface area contributed by atoms with Crippen LogP contribution in [0.15, 0.2) is 40.0 Å². The van der Waals surface area contributed by atoms with Gasteiger partial charge in [0.1, 0.15) is 11.6 Å². The average Bonchev–Trinajstić information content (AvgIpc) is 2.97. The summed E-state index contributed by atoms with van der Waals surface area (Å²) in [4.78, 5) is 11.0. The molecule has 0 amide bonds. The quantitative estimate of drug-likeness (QED) is 0.545. The Morgan fingerprint density at radius 1 is 1.07 bits per heavy atom. The van der Waals surface area contributed by atoms with E-state index in [1.54, 1.807) is 0 Å². The van der Waals surface area contributed by atoms with Gasteiger partial charge in [-0.05, 0) is 45.4 Å². The highest BCUT2D eigenvalue weighted by molar-refractivity contribution is 5.99. The van der Waals surface area contributed by atoms with Gasteiger partial charge in [0.25, 0.3) is 0 Å². The number of hydrazone groups is 1. The molecule has 7 nitrogen and oxygen atoms in total. The van der Waals surface area contributed by atoms with Crippen LogP contribution in [0.5, 0.6) is 0 Å². The van der Waals surface area contributed by atoms with Crippen molar-refractivity contribution in [1.29, 1.82) is 0 Å². The van der Waals surface area contributed by atoms with Crippen LogP contribution in [0.25, 0.3) is 11.3 Å². The number of nitrogens with one attached hydrogen (secondary N) is 1. The minimum atomic E-state index is 0.627. The van der Waals surface area contributed by atoms with Gasteiger partial charge in [-0.1, -0.05) is 17.3 Å². The van der Waals surface area contributed by atoms with E-state index in [4.69, 9.17) is 4.52 Å². The molecule has 1 N–H and O–H groups in total. The molecule has 7 heteroatoms. The summed E-state index contributed by atoms with van der Waals surface area (Å²) in [6.45, 7) is 7.58. The standard InChI is InChI=1S/C20H24N6O/c1-12(16-7-9-17(10-8-16)26(5)6)23-24-19-11-18(21-15(4)22-19)20-13(2)25-27-14(20)3/h7-11H,1-6H3,(H,21,22,24)/b23-12+. The normalized spacial score (nSPS) is 11.6. The van der Waals surface area contributed by atoms with Gasteiger partial charge in [-0.3, -0.25) is 5.43 Å². The van der Waals surface area contributed by atoms with E-state index in [0.29, 0.717) is 11.6 Å². The van der Waals surface area contributed by atoms with Gasteiger partial charge in [0.05, 0.1) is 22.7 Å². The van der Waals surface area contributed by atoms with Crippen molar-refractivity contribution in [1.82, 2.24) is 15.1 Å². The third-order valence-corrected chi connectivity index (χ3v) is 4.27. The molecule has 0 saturated heterocycles. The van der Waals surface area contributed by atoms with Crippen molar-refractivity contribution in [3.05, 3.63) is 53.2 Å². The molecular formula is C20H24N6O. The molecule has 2 aromatic heterocycles. The van der Waals surface area contributed by atoms with Gasteiger partial charge in [-0.15, -0.1) is 0 Å². The highest BCUT2D eigenvalue weighted by atomic mass is 16.5. The van der Waals surface area contributed by atoms with Crippen LogP contribution in [0.4, 0.5) is 11.5 Å². The van der Waals surface area contributed by atoms with Gasteiger partial charge >= 0.3 is 0 Å². The Labute approximate surface area is 159 Å². The Morgan fingerprint density at radius 2 is 1.78 bits per heavy atom. The minimum Gasteiger partial charge on any atom is -0.378 e. The molecule has 140 valence electrons. The summed E-state index contributed by atoms with van der Waals surface area (Å²) in [5.74, 6) is 2.01. The van der Waals surface area contributed by atoms with E-state index >= 15 is 0 Å². The zero-order valence-electron chi connectivity index (χ0n) is 16.5. The van der Waals surface area contributed by atoms with E-state index in [1.807, 2.05) is 47.9 Å². The number of aryl methyl sites for hydroxylation is 3. The molecule has 0 unspecified atom stereocenters. The summed E-state index contributed by atoms with van der Waals surface area (Å²) >= 11 is 0. The second-order valence-electron chi connectivity index (χ2n) is 6.64. The lowest BCUT2D eigenvalue weighted by molar-refractivity contribution is 0.393. The number of hydrogen-bond acceptors (Lipinski definition) is 7. The molecule has 2 heterocycles. The van der Waals surface area contributed by atoms with Gasteiger partial charge in [0.15, 0.2) is 5.82 Å². The summed E-state index contributed by atoms with van der Waals surface area (Å²) in [7, 11) is 4.04. The lowest BCUT2D eigenvalue weighted by Gasteiger charge is -2.12. The van der Waals surface area contributed by atoms with Crippen molar-refractivity contribution in [2.24, 2.45) is 5.10 Å². The number of benzene rings is 1. The van der Waals surface area contributed by atoms with E-state index in [1.165, 1.54) is 0 Å². The fourth-order valence-corrected chi connectivity index (χ4v) is 2.81. The SMILES string of the molecule is C/C(=N\Nc1cc(-c2c(C)noc2C)nc(C)n1)c1ccc(N(C)C)cc1. The van der Waals surface area contributed by atoms with Crippen molar-refractivity contribution in [2.75, 3.05) is 24.4 Å². The van der Waals surface area contributed by atoms with E-state index in [2.05, 4.69) is 54.8 Å². The Bertz CT molecular complexity index is 953. The first-order valence-electron chi connectivity index (χ1n) is 8.72. The Hall–Kier alpha value is -3.22. The van der Waals surface area contributed by atoms with Crippen LogP contribution >= 0.6 is 0 Å². The smallest absolute Gasteiger partial charge is 0.150 e. The molecular weight excluding hydrogens is 340 g/mol. The van der Waals surface area contributed by atoms with Gasteiger partial charge < -0.3 is 9.42 Å². The van der Waals surface area contributed by atoms with Gasteiger partial charge in [0, 0.05) is 25.8 Å². The number of anilines is 2. The maximum atomic E-state index is 5.25. The Kier molecular flexibility index (Phi) is 5.21. The molecule has 0 saturated carbocycles. The lowest BCUT2D eigenvalue weighted by Crippen LogP contribution is -2.09. The molecule has 0 fully saturated rings. The topological polar surface area (TPSA) is 79.4 Å². The van der Waals surface area contributed by atoms with Crippen molar-refractivity contribution < 1.29 is 4.52 Å². The molecule has 27 heavy (non-hydrogen) atoms. The van der Waals surface area contributed by atoms with Gasteiger partial charge in [-0.2, -0.15) is 5.10 Å². The first-order valence-corrected chi connectivity index (χ1v) is 8.72. The summed E-state index contributed by atoms with van der Waals surface area (Å²) in [5, 5.41) is 8.47. The fourth-order valence-electron chi connectivity index (χ4n) is 2.81. The first-order chi connectivity index (χ1) is 12.8. The number of aromatic nitrogens is 3. The molecule has 3 aromatic rings. The van der Waals surface area contributed by atoms with Crippen molar-refractivity contribution in [3.63, 3.8) is 0 Å². The van der Waals surface area contributed by atoms with Crippen LogP contribution in [0, 0.1) is 20.8 Å². The number of hydrogen-bond donors (Lipinski definition) is 1. The van der Waals surface area contributed by atoms with Crippen molar-refractivity contribution in [3.8, 4) is 11.3 Å². The van der Waals surface area contributed by atoms with E-state index in [-0.39, 0.29) is 0 Å². The first kappa shape index (κ1) is 18.6. The largest absolute Gasteiger partial charge is 0.378 e. The highest BCUT2D eigenvalue weighted by Crippen LogP contribution is 2.26. The second-order valence-corrected chi connectivity index (χ2v) is 6.64. The van der Waals surface area contributed by atoms with Crippen LogP contribution in [0.2, 0.25) is 0 Å². The predicted octanol–water partition coefficient (Wildman–Crippen LogP) is 3.96. The van der Waals surface area contributed by atoms with Crippen LogP contribution in [-0.2, 0) is 0 Å². The maximum Gasteiger partial charge on any atom is 0.150 e. The molecule has 0 aliphatic rings. The molecule has 0 radical (unpaired) electrons. The number of nitrogens with zero attached hydrogens (tertiary/aromatic N) is 5. The molecule has 0 spiro atoms. The molecule has 0 atom stereocenters. The maximum absolute atomic E-state index is 5.25. The molecule has 0 bridgehead atoms. The van der Waals surface area contributed by atoms with Crippen molar-refractivity contribution in [2.45, 2.75) is 27.7 Å². The predicted molar refractivity (Wildman–Crippen MR) is 108 cm³/mol. The summed E-state index contributed by atoms with van der Waals surface area (Å²) in [6.07, 6.45) is 0. The van der Waals surface area contributed by atoms with Crippen molar-refractivity contribution >= 4 is 17.2 Å². The molecule has 3 rings (SSSR count). The van der Waals surface area contributed by atoms with Crippen LogP contribution in [0.3, 0.4) is 0 Å². The average molecular weight is 364 g/mol. The van der Waals surface area contributed by atoms with E-state index in [9.17, 15) is 0 Å². The molecule has 0 aliphatic carbocycles. The van der Waals surface area contributed by atoms with E-state index < -0.39 is 0 Å². The zero-order chi connectivity index (χ0) is 19.6. The third-order valence-electron chi connectivity index (χ3n) is 4.27. The molecule has 0 aliphatic heterocycles.